The number of cyclic esters (lactones) is 1. The molecule has 1 saturated carbocycles. The average molecular weight is 558 g/mol. The standard InChI is InChI=1S/C26H24FN3O4.CH4O3S/c1-11-13-4-5-18(28)21-14-9-30-20(23(14)29-19(22(13)21)7-17(11)27)6-16-15(24(30)31)10-34-25(32)26(16,33)8-12-2-3-12;1-5(2,3)4/h6-7,12,18,33H,2-5,8-10,28H2,1H3;1H3,(H,2,3,4). The van der Waals surface area contributed by atoms with E-state index in [1.807, 2.05) is 0 Å². The van der Waals surface area contributed by atoms with Crippen molar-refractivity contribution in [3.8, 4) is 11.4 Å². The van der Waals surface area contributed by atoms with Crippen molar-refractivity contribution in [3.05, 3.63) is 61.7 Å². The number of halogens is 1. The molecule has 7 rings (SSSR count). The summed E-state index contributed by atoms with van der Waals surface area (Å²) in [5, 5.41) is 12.3. The van der Waals surface area contributed by atoms with Gasteiger partial charge in [0.2, 0.25) is 0 Å². The van der Waals surface area contributed by atoms with Crippen molar-refractivity contribution in [2.45, 2.75) is 63.8 Å². The summed E-state index contributed by atoms with van der Waals surface area (Å²) < 4.78 is 47.5. The first-order valence-corrected chi connectivity index (χ1v) is 14.6. The number of pyridine rings is 2. The Morgan fingerprint density at radius 3 is 2.56 bits per heavy atom. The van der Waals surface area contributed by atoms with Crippen LogP contribution in [0.25, 0.3) is 22.3 Å². The third kappa shape index (κ3) is 4.17. The Kier molecular flexibility index (Phi) is 5.78. The first-order valence-electron chi connectivity index (χ1n) is 12.8. The van der Waals surface area contributed by atoms with Gasteiger partial charge < -0.3 is 20.1 Å². The van der Waals surface area contributed by atoms with Crippen molar-refractivity contribution >= 4 is 27.0 Å². The molecule has 4 heterocycles. The van der Waals surface area contributed by atoms with Crippen LogP contribution in [-0.4, -0.2) is 39.9 Å². The van der Waals surface area contributed by atoms with Gasteiger partial charge in [-0.15, -0.1) is 0 Å². The number of nitrogens with zero attached hydrogens (tertiary/aromatic N) is 2. The van der Waals surface area contributed by atoms with E-state index >= 15 is 0 Å². The molecule has 0 bridgehead atoms. The van der Waals surface area contributed by atoms with Gasteiger partial charge in [0.05, 0.1) is 35.3 Å². The molecule has 2 aromatic heterocycles. The molecule has 0 spiro atoms. The Morgan fingerprint density at radius 2 is 1.90 bits per heavy atom. The summed E-state index contributed by atoms with van der Waals surface area (Å²) in [5.41, 5.74) is 10.0. The van der Waals surface area contributed by atoms with E-state index in [1.54, 1.807) is 17.6 Å². The predicted molar refractivity (Wildman–Crippen MR) is 139 cm³/mol. The minimum atomic E-state index is -3.67. The SMILES string of the molecule is CS(=O)(=O)O.Cc1c(F)cc2nc3c(c4c2c1CCC4N)Cn1c-3cc2c(c1=O)COC(=O)C2(O)CC1CC1. The number of hydrogen-bond donors (Lipinski definition) is 3. The van der Waals surface area contributed by atoms with Crippen molar-refractivity contribution < 1.29 is 32.0 Å². The van der Waals surface area contributed by atoms with E-state index in [0.717, 1.165) is 34.9 Å². The van der Waals surface area contributed by atoms with Crippen LogP contribution >= 0.6 is 0 Å². The van der Waals surface area contributed by atoms with E-state index in [9.17, 15) is 27.5 Å². The second-order valence-corrected chi connectivity index (χ2v) is 12.4. The largest absolute Gasteiger partial charge is 0.458 e. The number of esters is 1. The Balaban J connectivity index is 0.000000510. The van der Waals surface area contributed by atoms with Crippen LogP contribution in [0.2, 0.25) is 0 Å². The van der Waals surface area contributed by atoms with Crippen molar-refractivity contribution in [1.29, 1.82) is 0 Å². The highest BCUT2D eigenvalue weighted by molar-refractivity contribution is 7.85. The molecule has 1 fully saturated rings. The maximum atomic E-state index is 14.7. The van der Waals surface area contributed by atoms with E-state index in [4.69, 9.17) is 20.0 Å². The zero-order valence-electron chi connectivity index (χ0n) is 21.5. The number of aromatic nitrogens is 2. The quantitative estimate of drug-likeness (QED) is 0.248. The molecule has 12 heteroatoms. The second-order valence-electron chi connectivity index (χ2n) is 11.0. The molecule has 2 aliphatic heterocycles. The predicted octanol–water partition coefficient (Wildman–Crippen LogP) is 2.37. The van der Waals surface area contributed by atoms with Crippen LogP contribution in [0.5, 0.6) is 0 Å². The van der Waals surface area contributed by atoms with Crippen molar-refractivity contribution in [2.24, 2.45) is 11.7 Å². The van der Waals surface area contributed by atoms with Gasteiger partial charge in [0, 0.05) is 28.6 Å². The lowest BCUT2D eigenvalue weighted by Crippen LogP contribution is -2.45. The van der Waals surface area contributed by atoms with Crippen LogP contribution in [0.1, 0.15) is 65.1 Å². The van der Waals surface area contributed by atoms with Gasteiger partial charge in [-0.1, -0.05) is 12.8 Å². The average Bonchev–Trinajstić information content (AvgIpc) is 3.58. The lowest BCUT2D eigenvalue weighted by molar-refractivity contribution is -0.173. The minimum Gasteiger partial charge on any atom is -0.458 e. The summed E-state index contributed by atoms with van der Waals surface area (Å²) in [7, 11) is -3.67. The molecule has 0 amide bonds. The Labute approximate surface area is 223 Å². The van der Waals surface area contributed by atoms with Crippen molar-refractivity contribution in [2.75, 3.05) is 6.26 Å². The molecule has 3 aromatic rings. The Bertz CT molecular complexity index is 1760. The van der Waals surface area contributed by atoms with Crippen LogP contribution in [-0.2, 0) is 44.8 Å². The summed E-state index contributed by atoms with van der Waals surface area (Å²) in [6.45, 7) is 1.92. The fourth-order valence-electron chi connectivity index (χ4n) is 6.19. The Hall–Kier alpha value is -3.19. The molecule has 206 valence electrons. The third-order valence-electron chi connectivity index (χ3n) is 8.19. The lowest BCUT2D eigenvalue weighted by atomic mass is 9.82. The van der Waals surface area contributed by atoms with Crippen LogP contribution in [0.3, 0.4) is 0 Å². The van der Waals surface area contributed by atoms with Gasteiger partial charge in [0.15, 0.2) is 5.60 Å². The number of aliphatic hydroxyl groups is 1. The smallest absolute Gasteiger partial charge is 0.343 e. The minimum absolute atomic E-state index is 0.160. The molecule has 2 unspecified atom stereocenters. The number of ether oxygens (including phenoxy) is 1. The van der Waals surface area contributed by atoms with Crippen LogP contribution in [0.4, 0.5) is 4.39 Å². The van der Waals surface area contributed by atoms with Crippen LogP contribution in [0, 0.1) is 18.7 Å². The highest BCUT2D eigenvalue weighted by Crippen LogP contribution is 2.47. The van der Waals surface area contributed by atoms with Crippen LogP contribution < -0.4 is 11.3 Å². The van der Waals surface area contributed by atoms with Gasteiger partial charge in [-0.05, 0) is 54.9 Å². The summed E-state index contributed by atoms with van der Waals surface area (Å²) in [6.07, 6.45) is 4.22. The number of benzene rings is 1. The maximum absolute atomic E-state index is 14.7. The van der Waals surface area contributed by atoms with Gasteiger partial charge in [0.25, 0.3) is 15.7 Å². The number of nitrogens with two attached hydrogens (primary N) is 1. The highest BCUT2D eigenvalue weighted by atomic mass is 32.2. The van der Waals surface area contributed by atoms with Gasteiger partial charge in [-0.2, -0.15) is 8.42 Å². The molecule has 0 radical (unpaired) electrons. The first-order chi connectivity index (χ1) is 18.3. The van der Waals surface area contributed by atoms with Crippen molar-refractivity contribution in [1.82, 2.24) is 9.55 Å². The molecule has 39 heavy (non-hydrogen) atoms. The molecule has 4 N–H and O–H groups in total. The van der Waals surface area contributed by atoms with E-state index in [0.29, 0.717) is 59.2 Å². The molecule has 0 saturated heterocycles. The summed E-state index contributed by atoms with van der Waals surface area (Å²) in [5.74, 6) is -0.778. The fourth-order valence-corrected chi connectivity index (χ4v) is 6.19. The Morgan fingerprint density at radius 1 is 1.21 bits per heavy atom. The van der Waals surface area contributed by atoms with Crippen LogP contribution in [0.15, 0.2) is 16.9 Å². The topological polar surface area (TPSA) is 162 Å². The molecule has 10 nitrogen and oxygen atoms in total. The van der Waals surface area contributed by atoms with E-state index < -0.39 is 21.7 Å². The lowest BCUT2D eigenvalue weighted by Gasteiger charge is -2.32. The monoisotopic (exact) mass is 557 g/mol. The van der Waals surface area contributed by atoms with E-state index in [-0.39, 0.29) is 36.4 Å². The van der Waals surface area contributed by atoms with E-state index in [1.165, 1.54) is 6.07 Å². The number of fused-ring (bicyclic) bond motifs is 5. The number of hydrogen-bond acceptors (Lipinski definition) is 8. The molecular weight excluding hydrogens is 529 g/mol. The first kappa shape index (κ1) is 26.1. The number of carbonyl (C=O) groups is 1. The maximum Gasteiger partial charge on any atom is 0.343 e. The number of carbonyl (C=O) groups excluding carboxylic acids is 1. The summed E-state index contributed by atoms with van der Waals surface area (Å²) >= 11 is 0. The molecular formula is C27H28FN3O7S. The molecule has 2 aliphatic carbocycles. The van der Waals surface area contributed by atoms with Gasteiger partial charge in [-0.3, -0.25) is 9.35 Å². The zero-order valence-corrected chi connectivity index (χ0v) is 22.3. The van der Waals surface area contributed by atoms with Gasteiger partial charge in [0.1, 0.15) is 12.4 Å². The zero-order chi connectivity index (χ0) is 28.0. The second kappa shape index (κ2) is 8.65. The molecule has 4 aliphatic rings. The molecule has 2 atom stereocenters. The molecule has 1 aromatic carbocycles. The highest BCUT2D eigenvalue weighted by Gasteiger charge is 2.49. The summed E-state index contributed by atoms with van der Waals surface area (Å²) in [6, 6.07) is 2.92. The third-order valence-corrected chi connectivity index (χ3v) is 8.19. The fraction of sp³-hybridized carbons (Fsp3) is 0.444. The van der Waals surface area contributed by atoms with E-state index in [2.05, 4.69) is 0 Å². The normalized spacial score (nSPS) is 22.9. The number of rotatable bonds is 2. The van der Waals surface area contributed by atoms with Gasteiger partial charge in [-0.25, -0.2) is 14.2 Å². The van der Waals surface area contributed by atoms with Gasteiger partial charge >= 0.3 is 5.97 Å². The van der Waals surface area contributed by atoms with Crippen molar-refractivity contribution in [3.63, 3.8) is 0 Å². The summed E-state index contributed by atoms with van der Waals surface area (Å²) in [4.78, 5) is 31.1. The number of aryl methyl sites for hydroxylation is 1.